The van der Waals surface area contributed by atoms with Crippen molar-refractivity contribution in [1.29, 1.82) is 0 Å². The van der Waals surface area contributed by atoms with Crippen LogP contribution < -0.4 is 0 Å². The lowest BCUT2D eigenvalue weighted by molar-refractivity contribution is -0.149. The molecule has 5 heteroatoms. The van der Waals surface area contributed by atoms with Gasteiger partial charge in [0.05, 0.1) is 5.92 Å². The van der Waals surface area contributed by atoms with Gasteiger partial charge in [-0.05, 0) is 34.6 Å². The lowest BCUT2D eigenvalue weighted by Gasteiger charge is -2.26. The zero-order valence-electron chi connectivity index (χ0n) is 11.6. The van der Waals surface area contributed by atoms with Crippen molar-refractivity contribution in [2.75, 3.05) is 13.1 Å². The summed E-state index contributed by atoms with van der Waals surface area (Å²) in [6.45, 7) is 8.17. The molecule has 0 heterocycles. The Morgan fingerprint density at radius 2 is 1.11 bits per heavy atom. The van der Waals surface area contributed by atoms with Crippen molar-refractivity contribution in [2.45, 2.75) is 34.6 Å². The van der Waals surface area contributed by atoms with Crippen LogP contribution in [0.1, 0.15) is 34.6 Å². The largest absolute Gasteiger partial charge is 0.343 e. The second-order valence-electron chi connectivity index (χ2n) is 4.30. The molecule has 0 saturated carbocycles. The molecule has 0 rings (SSSR count). The molecule has 0 radical (unpaired) electrons. The van der Waals surface area contributed by atoms with Crippen LogP contribution in [0.15, 0.2) is 0 Å². The van der Waals surface area contributed by atoms with Gasteiger partial charge < -0.3 is 4.90 Å². The Labute approximate surface area is 108 Å². The van der Waals surface area contributed by atoms with E-state index < -0.39 is 35.1 Å². The second-order valence-corrected chi connectivity index (χ2v) is 4.30. The lowest BCUT2D eigenvalue weighted by Crippen LogP contribution is -2.45. The Bertz CT molecular complexity index is 344. The van der Waals surface area contributed by atoms with Crippen LogP contribution in [0.2, 0.25) is 0 Å². The summed E-state index contributed by atoms with van der Waals surface area (Å²) in [7, 11) is 0. The quantitative estimate of drug-likeness (QED) is 0.632. The Morgan fingerprint density at radius 3 is 1.33 bits per heavy atom. The fourth-order valence-corrected chi connectivity index (χ4v) is 2.04. The first-order valence-corrected chi connectivity index (χ1v) is 6.07. The van der Waals surface area contributed by atoms with Crippen LogP contribution in [-0.2, 0) is 19.2 Å². The van der Waals surface area contributed by atoms with E-state index in [1.807, 2.05) is 0 Å². The van der Waals surface area contributed by atoms with E-state index >= 15 is 0 Å². The Morgan fingerprint density at radius 1 is 0.778 bits per heavy atom. The van der Waals surface area contributed by atoms with Gasteiger partial charge in [0.15, 0.2) is 0 Å². The molecule has 0 aliphatic heterocycles. The highest BCUT2D eigenvalue weighted by atomic mass is 16.2. The third-order valence-corrected chi connectivity index (χ3v) is 2.99. The van der Waals surface area contributed by atoms with Gasteiger partial charge in [-0.1, -0.05) is 0 Å². The molecule has 1 amide bonds. The van der Waals surface area contributed by atoms with E-state index in [4.69, 9.17) is 0 Å². The summed E-state index contributed by atoms with van der Waals surface area (Å²) in [5.74, 6) is -4.10. The minimum absolute atomic E-state index is 0.441. The topological polar surface area (TPSA) is 71.5 Å². The monoisotopic (exact) mass is 255 g/mol. The number of Topliss-reactive ketones (excluding diaryl/α,β-unsaturated/α-hetero) is 3. The molecule has 0 aliphatic carbocycles. The van der Waals surface area contributed by atoms with Crippen LogP contribution in [-0.4, -0.2) is 41.2 Å². The molecule has 0 aromatic carbocycles. The predicted octanol–water partition coefficient (Wildman–Crippen LogP) is 0.854. The van der Waals surface area contributed by atoms with E-state index in [1.165, 1.54) is 25.7 Å². The number of amides is 1. The van der Waals surface area contributed by atoms with Crippen molar-refractivity contribution >= 4 is 23.3 Å². The minimum Gasteiger partial charge on any atom is -0.343 e. The van der Waals surface area contributed by atoms with Gasteiger partial charge in [-0.25, -0.2) is 0 Å². The Hall–Kier alpha value is -1.52. The first-order valence-electron chi connectivity index (χ1n) is 6.07. The van der Waals surface area contributed by atoms with Gasteiger partial charge in [-0.15, -0.1) is 0 Å². The van der Waals surface area contributed by atoms with Crippen LogP contribution >= 0.6 is 0 Å². The maximum absolute atomic E-state index is 12.2. The smallest absolute Gasteiger partial charge is 0.234 e. The van der Waals surface area contributed by atoms with Crippen molar-refractivity contribution < 1.29 is 19.2 Å². The molecule has 5 nitrogen and oxygen atoms in total. The number of hydrogen-bond acceptors (Lipinski definition) is 4. The highest BCUT2D eigenvalue weighted by molar-refractivity contribution is 6.12. The maximum Gasteiger partial charge on any atom is 0.234 e. The molecule has 0 aliphatic rings. The number of carbonyl (C=O) groups excluding carboxylic acids is 4. The summed E-state index contributed by atoms with van der Waals surface area (Å²) in [5.41, 5.74) is 0. The standard InChI is InChI=1S/C13H21NO4/c1-6-14(7-2)13(18)12(10(5)17)11(8(3)15)9(4)16/h11-12H,6-7H2,1-5H3. The van der Waals surface area contributed by atoms with Crippen LogP contribution in [0.5, 0.6) is 0 Å². The number of rotatable bonds is 7. The fourth-order valence-electron chi connectivity index (χ4n) is 2.04. The van der Waals surface area contributed by atoms with E-state index in [0.717, 1.165) is 0 Å². The average molecular weight is 255 g/mol. The van der Waals surface area contributed by atoms with E-state index in [0.29, 0.717) is 13.1 Å². The Kier molecular flexibility index (Phi) is 6.44. The zero-order valence-corrected chi connectivity index (χ0v) is 11.6. The molecule has 1 unspecified atom stereocenters. The Balaban J connectivity index is 5.42. The maximum atomic E-state index is 12.2. The van der Waals surface area contributed by atoms with Crippen LogP contribution in [0.25, 0.3) is 0 Å². The van der Waals surface area contributed by atoms with E-state index in [9.17, 15) is 19.2 Å². The van der Waals surface area contributed by atoms with Crippen molar-refractivity contribution in [3.63, 3.8) is 0 Å². The van der Waals surface area contributed by atoms with Crippen molar-refractivity contribution in [2.24, 2.45) is 11.8 Å². The van der Waals surface area contributed by atoms with Crippen molar-refractivity contribution in [3.05, 3.63) is 0 Å². The number of carbonyl (C=O) groups is 4. The molecular formula is C13H21NO4. The summed E-state index contributed by atoms with van der Waals surface area (Å²) in [4.78, 5) is 48.3. The van der Waals surface area contributed by atoms with E-state index in [-0.39, 0.29) is 0 Å². The zero-order chi connectivity index (χ0) is 14.5. The van der Waals surface area contributed by atoms with Gasteiger partial charge in [-0.3, -0.25) is 19.2 Å². The first-order chi connectivity index (χ1) is 8.27. The molecule has 102 valence electrons. The molecule has 18 heavy (non-hydrogen) atoms. The van der Waals surface area contributed by atoms with Crippen LogP contribution in [0.3, 0.4) is 0 Å². The predicted molar refractivity (Wildman–Crippen MR) is 67.0 cm³/mol. The average Bonchev–Trinajstić information content (AvgIpc) is 2.25. The molecule has 1 atom stereocenters. The van der Waals surface area contributed by atoms with Gasteiger partial charge in [0.1, 0.15) is 23.3 Å². The molecule has 0 bridgehead atoms. The highest BCUT2D eigenvalue weighted by Crippen LogP contribution is 2.19. The summed E-state index contributed by atoms with van der Waals surface area (Å²) in [5, 5.41) is 0. The fraction of sp³-hybridized carbons (Fsp3) is 0.692. The van der Waals surface area contributed by atoms with E-state index in [1.54, 1.807) is 13.8 Å². The number of hydrogen-bond donors (Lipinski definition) is 0. The summed E-state index contributed by atoms with van der Waals surface area (Å²) in [6, 6.07) is 0. The first kappa shape index (κ1) is 16.5. The number of nitrogens with zero attached hydrogens (tertiary/aromatic N) is 1. The molecule has 0 saturated heterocycles. The minimum atomic E-state index is -1.18. The molecule has 0 N–H and O–H groups in total. The lowest BCUT2D eigenvalue weighted by atomic mass is 9.82. The van der Waals surface area contributed by atoms with Crippen LogP contribution in [0, 0.1) is 11.8 Å². The second kappa shape index (κ2) is 7.03. The summed E-state index contributed by atoms with van der Waals surface area (Å²) in [6.07, 6.45) is 0. The SMILES string of the molecule is CCN(CC)C(=O)C(C(C)=O)C(C(C)=O)C(C)=O. The third kappa shape index (κ3) is 3.75. The van der Waals surface area contributed by atoms with Crippen LogP contribution in [0.4, 0.5) is 0 Å². The van der Waals surface area contributed by atoms with Gasteiger partial charge in [0.2, 0.25) is 5.91 Å². The van der Waals surface area contributed by atoms with Gasteiger partial charge in [0, 0.05) is 13.1 Å². The van der Waals surface area contributed by atoms with Gasteiger partial charge in [0.25, 0.3) is 0 Å². The van der Waals surface area contributed by atoms with Gasteiger partial charge in [-0.2, -0.15) is 0 Å². The third-order valence-electron chi connectivity index (χ3n) is 2.99. The summed E-state index contributed by atoms with van der Waals surface area (Å²) < 4.78 is 0. The van der Waals surface area contributed by atoms with Gasteiger partial charge >= 0.3 is 0 Å². The highest BCUT2D eigenvalue weighted by Gasteiger charge is 2.39. The van der Waals surface area contributed by atoms with Crippen molar-refractivity contribution in [1.82, 2.24) is 4.90 Å². The molecular weight excluding hydrogens is 234 g/mol. The van der Waals surface area contributed by atoms with E-state index in [2.05, 4.69) is 0 Å². The summed E-state index contributed by atoms with van der Waals surface area (Å²) >= 11 is 0. The molecule has 0 fully saturated rings. The normalized spacial score (nSPS) is 12.1. The molecule has 0 aromatic rings. The molecule has 0 spiro atoms. The molecule has 0 aromatic heterocycles. The van der Waals surface area contributed by atoms with Crippen molar-refractivity contribution in [3.8, 4) is 0 Å². The number of ketones is 3.